The van der Waals surface area contributed by atoms with Crippen molar-refractivity contribution in [2.45, 2.75) is 33.2 Å². The normalized spacial score (nSPS) is 17.1. The lowest BCUT2D eigenvalue weighted by molar-refractivity contribution is 0.0774. The summed E-state index contributed by atoms with van der Waals surface area (Å²) in [5.41, 5.74) is 2.20. The second kappa shape index (κ2) is 5.83. The third-order valence-electron chi connectivity index (χ3n) is 3.78. The zero-order valence-corrected chi connectivity index (χ0v) is 12.9. The Morgan fingerprint density at radius 1 is 1.15 bits per heavy atom. The average molecular weight is 275 g/mol. The first-order chi connectivity index (χ1) is 9.36. The summed E-state index contributed by atoms with van der Waals surface area (Å²) < 4.78 is 0. The quantitative estimate of drug-likeness (QED) is 0.855. The lowest BCUT2D eigenvalue weighted by atomic mass is 10.1. The number of benzene rings is 1. The molecule has 0 unspecified atom stereocenters. The van der Waals surface area contributed by atoms with Gasteiger partial charge in [0, 0.05) is 37.4 Å². The average Bonchev–Trinajstić information content (AvgIpc) is 2.38. The van der Waals surface area contributed by atoms with E-state index in [2.05, 4.69) is 31.0 Å². The van der Waals surface area contributed by atoms with Crippen molar-refractivity contribution >= 4 is 11.7 Å². The number of piperazine rings is 1. The van der Waals surface area contributed by atoms with Crippen LogP contribution in [-0.4, -0.2) is 47.5 Å². The van der Waals surface area contributed by atoms with E-state index < -0.39 is 0 Å². The number of hydrogen-bond donors (Lipinski definition) is 1. The molecule has 1 aromatic rings. The standard InChI is InChI=1S/C16H25N3O/c1-13-6-5-7-14(12-13)17-15(20)18-8-10-19(11-9-18)16(2,3)4/h5-7,12H,8-11H2,1-4H3,(H,17,20). The highest BCUT2D eigenvalue weighted by atomic mass is 16.2. The number of carbonyl (C=O) groups excluding carboxylic acids is 1. The molecule has 1 aromatic carbocycles. The minimum Gasteiger partial charge on any atom is -0.322 e. The van der Waals surface area contributed by atoms with Gasteiger partial charge in [-0.2, -0.15) is 0 Å². The van der Waals surface area contributed by atoms with Crippen molar-refractivity contribution in [3.8, 4) is 0 Å². The van der Waals surface area contributed by atoms with Gasteiger partial charge in [0.05, 0.1) is 0 Å². The molecule has 2 amide bonds. The lowest BCUT2D eigenvalue weighted by Gasteiger charge is -2.42. The van der Waals surface area contributed by atoms with Crippen molar-refractivity contribution in [2.24, 2.45) is 0 Å². The number of urea groups is 1. The van der Waals surface area contributed by atoms with Crippen LogP contribution in [0.2, 0.25) is 0 Å². The number of nitrogens with zero attached hydrogens (tertiary/aromatic N) is 2. The molecule has 0 aliphatic carbocycles. The Labute approximate surface area is 121 Å². The molecule has 1 N–H and O–H groups in total. The summed E-state index contributed by atoms with van der Waals surface area (Å²) in [5.74, 6) is 0. The number of rotatable bonds is 1. The Kier molecular flexibility index (Phi) is 4.33. The van der Waals surface area contributed by atoms with Crippen LogP contribution >= 0.6 is 0 Å². The van der Waals surface area contributed by atoms with Crippen molar-refractivity contribution in [1.82, 2.24) is 9.80 Å². The van der Waals surface area contributed by atoms with Crippen LogP contribution < -0.4 is 5.32 Å². The van der Waals surface area contributed by atoms with Gasteiger partial charge in [-0.25, -0.2) is 4.79 Å². The minimum absolute atomic E-state index is 0.00385. The van der Waals surface area contributed by atoms with E-state index in [0.29, 0.717) is 0 Å². The summed E-state index contributed by atoms with van der Waals surface area (Å²) in [7, 11) is 0. The maximum absolute atomic E-state index is 12.2. The van der Waals surface area contributed by atoms with Gasteiger partial charge in [-0.15, -0.1) is 0 Å². The largest absolute Gasteiger partial charge is 0.322 e. The fourth-order valence-electron chi connectivity index (χ4n) is 2.51. The molecule has 20 heavy (non-hydrogen) atoms. The maximum atomic E-state index is 12.2. The Hall–Kier alpha value is -1.55. The zero-order chi connectivity index (χ0) is 14.8. The molecular formula is C16H25N3O. The molecule has 1 heterocycles. The molecule has 0 atom stereocenters. The zero-order valence-electron chi connectivity index (χ0n) is 12.9. The van der Waals surface area contributed by atoms with Crippen molar-refractivity contribution in [3.63, 3.8) is 0 Å². The van der Waals surface area contributed by atoms with Crippen LogP contribution in [0.4, 0.5) is 10.5 Å². The predicted octanol–water partition coefficient (Wildman–Crippen LogP) is 2.94. The fraction of sp³-hybridized carbons (Fsp3) is 0.562. The summed E-state index contributed by atoms with van der Waals surface area (Å²) in [6.45, 7) is 12.1. The molecule has 1 saturated heterocycles. The smallest absolute Gasteiger partial charge is 0.321 e. The van der Waals surface area contributed by atoms with E-state index in [4.69, 9.17) is 0 Å². The molecule has 4 nitrogen and oxygen atoms in total. The minimum atomic E-state index is 0.00385. The van der Waals surface area contributed by atoms with E-state index >= 15 is 0 Å². The first-order valence-corrected chi connectivity index (χ1v) is 7.24. The Morgan fingerprint density at radius 3 is 2.35 bits per heavy atom. The molecular weight excluding hydrogens is 250 g/mol. The van der Waals surface area contributed by atoms with Gasteiger partial charge in [-0.05, 0) is 45.4 Å². The predicted molar refractivity (Wildman–Crippen MR) is 83.1 cm³/mol. The van der Waals surface area contributed by atoms with Crippen molar-refractivity contribution < 1.29 is 4.79 Å². The number of anilines is 1. The second-order valence-corrected chi connectivity index (χ2v) is 6.44. The number of amides is 2. The van der Waals surface area contributed by atoms with Crippen LogP contribution in [0.1, 0.15) is 26.3 Å². The highest BCUT2D eigenvalue weighted by Gasteiger charge is 2.27. The van der Waals surface area contributed by atoms with E-state index in [1.54, 1.807) is 0 Å². The third kappa shape index (κ3) is 3.73. The molecule has 0 aromatic heterocycles. The molecule has 0 saturated carbocycles. The van der Waals surface area contributed by atoms with Gasteiger partial charge in [-0.3, -0.25) is 4.90 Å². The van der Waals surface area contributed by atoms with Gasteiger partial charge in [0.2, 0.25) is 0 Å². The SMILES string of the molecule is Cc1cccc(NC(=O)N2CCN(C(C)(C)C)CC2)c1. The highest BCUT2D eigenvalue weighted by molar-refractivity contribution is 5.89. The van der Waals surface area contributed by atoms with Crippen molar-refractivity contribution in [2.75, 3.05) is 31.5 Å². The number of hydrogen-bond acceptors (Lipinski definition) is 2. The fourth-order valence-corrected chi connectivity index (χ4v) is 2.51. The first kappa shape index (κ1) is 14.9. The first-order valence-electron chi connectivity index (χ1n) is 7.24. The molecule has 4 heteroatoms. The second-order valence-electron chi connectivity index (χ2n) is 6.44. The molecule has 1 aliphatic heterocycles. The van der Waals surface area contributed by atoms with Crippen molar-refractivity contribution in [1.29, 1.82) is 0 Å². The van der Waals surface area contributed by atoms with E-state index in [1.807, 2.05) is 36.1 Å². The highest BCUT2D eigenvalue weighted by Crippen LogP contribution is 2.17. The summed E-state index contributed by atoms with van der Waals surface area (Å²) in [6.07, 6.45) is 0. The van der Waals surface area contributed by atoms with Crippen LogP contribution in [0.5, 0.6) is 0 Å². The van der Waals surface area contributed by atoms with Crippen LogP contribution in [0, 0.1) is 6.92 Å². The molecule has 0 bridgehead atoms. The summed E-state index contributed by atoms with van der Waals surface area (Å²) in [5, 5.41) is 2.97. The molecule has 2 rings (SSSR count). The molecule has 0 spiro atoms. The van der Waals surface area contributed by atoms with E-state index in [0.717, 1.165) is 37.4 Å². The summed E-state index contributed by atoms with van der Waals surface area (Å²) in [6, 6.07) is 7.91. The van der Waals surface area contributed by atoms with Crippen LogP contribution in [0.25, 0.3) is 0 Å². The molecule has 1 aliphatic rings. The van der Waals surface area contributed by atoms with Gasteiger partial charge in [0.15, 0.2) is 0 Å². The number of carbonyl (C=O) groups is 1. The summed E-state index contributed by atoms with van der Waals surface area (Å²) >= 11 is 0. The topological polar surface area (TPSA) is 35.6 Å². The Bertz CT molecular complexity index is 471. The van der Waals surface area contributed by atoms with Gasteiger partial charge in [0.1, 0.15) is 0 Å². The summed E-state index contributed by atoms with van der Waals surface area (Å²) in [4.78, 5) is 16.5. The number of aryl methyl sites for hydroxylation is 1. The molecule has 110 valence electrons. The molecule has 1 fully saturated rings. The van der Waals surface area contributed by atoms with Gasteiger partial charge < -0.3 is 10.2 Å². The monoisotopic (exact) mass is 275 g/mol. The van der Waals surface area contributed by atoms with Crippen LogP contribution in [-0.2, 0) is 0 Å². The lowest BCUT2D eigenvalue weighted by Crippen LogP contribution is -2.55. The van der Waals surface area contributed by atoms with E-state index in [-0.39, 0.29) is 11.6 Å². The maximum Gasteiger partial charge on any atom is 0.321 e. The van der Waals surface area contributed by atoms with E-state index in [9.17, 15) is 4.79 Å². The third-order valence-corrected chi connectivity index (χ3v) is 3.78. The van der Waals surface area contributed by atoms with Gasteiger partial charge in [0.25, 0.3) is 0 Å². The molecule has 0 radical (unpaired) electrons. The Balaban J connectivity index is 1.89. The van der Waals surface area contributed by atoms with Crippen LogP contribution in [0.3, 0.4) is 0 Å². The Morgan fingerprint density at radius 2 is 1.80 bits per heavy atom. The number of nitrogens with one attached hydrogen (secondary N) is 1. The van der Waals surface area contributed by atoms with Crippen molar-refractivity contribution in [3.05, 3.63) is 29.8 Å². The van der Waals surface area contributed by atoms with Gasteiger partial charge >= 0.3 is 6.03 Å². The van der Waals surface area contributed by atoms with E-state index in [1.165, 1.54) is 0 Å². The van der Waals surface area contributed by atoms with Crippen LogP contribution in [0.15, 0.2) is 24.3 Å². The van der Waals surface area contributed by atoms with Gasteiger partial charge in [-0.1, -0.05) is 12.1 Å².